The number of nitrogens with zero attached hydrogens (tertiary/aromatic N) is 2. The van der Waals surface area contributed by atoms with E-state index < -0.39 is 12.1 Å². The fourth-order valence-electron chi connectivity index (χ4n) is 1.01. The second-order valence-corrected chi connectivity index (χ2v) is 2.57. The first-order valence-electron chi connectivity index (χ1n) is 3.77. The molecule has 0 amide bonds. The highest BCUT2D eigenvalue weighted by molar-refractivity contribution is 5.51. The van der Waals surface area contributed by atoms with Crippen LogP contribution < -0.4 is 11.5 Å². The van der Waals surface area contributed by atoms with Crippen molar-refractivity contribution in [3.8, 4) is 6.07 Å². The number of hydrogen-bond acceptors (Lipinski definition) is 4. The van der Waals surface area contributed by atoms with E-state index >= 15 is 0 Å². The topological polar surface area (TPSA) is 88.7 Å². The molecular weight excluding hydrogens is 190 g/mol. The van der Waals surface area contributed by atoms with Gasteiger partial charge in [-0.1, -0.05) is 0 Å². The SMILES string of the molecule is N#Cc1cc(N)c(C(F)F)nc1CN. The first kappa shape index (κ1) is 10.3. The van der Waals surface area contributed by atoms with Crippen LogP contribution in [0.3, 0.4) is 0 Å². The Hall–Kier alpha value is -1.74. The average Bonchev–Trinajstić information content (AvgIpc) is 2.16. The van der Waals surface area contributed by atoms with Crippen LogP contribution in [0, 0.1) is 11.3 Å². The van der Waals surface area contributed by atoms with E-state index in [1.165, 1.54) is 0 Å². The second kappa shape index (κ2) is 3.98. The summed E-state index contributed by atoms with van der Waals surface area (Å²) in [5.74, 6) is 0. The van der Waals surface area contributed by atoms with Crippen molar-refractivity contribution in [3.63, 3.8) is 0 Å². The molecule has 0 spiro atoms. The van der Waals surface area contributed by atoms with Crippen LogP contribution in [-0.2, 0) is 6.54 Å². The molecule has 4 N–H and O–H groups in total. The molecule has 6 heteroatoms. The van der Waals surface area contributed by atoms with E-state index in [4.69, 9.17) is 16.7 Å². The number of nitriles is 1. The molecule has 4 nitrogen and oxygen atoms in total. The highest BCUT2D eigenvalue weighted by atomic mass is 19.3. The molecule has 0 aliphatic heterocycles. The summed E-state index contributed by atoms with van der Waals surface area (Å²) < 4.78 is 24.6. The number of rotatable bonds is 2. The Morgan fingerprint density at radius 1 is 1.57 bits per heavy atom. The van der Waals surface area contributed by atoms with Crippen molar-refractivity contribution in [1.82, 2.24) is 4.98 Å². The number of halogens is 2. The monoisotopic (exact) mass is 198 g/mol. The van der Waals surface area contributed by atoms with E-state index in [1.54, 1.807) is 6.07 Å². The number of anilines is 1. The molecule has 0 saturated carbocycles. The second-order valence-electron chi connectivity index (χ2n) is 2.57. The third-order valence-corrected chi connectivity index (χ3v) is 1.68. The Morgan fingerprint density at radius 3 is 2.64 bits per heavy atom. The molecule has 0 atom stereocenters. The van der Waals surface area contributed by atoms with Crippen molar-refractivity contribution < 1.29 is 8.78 Å². The van der Waals surface area contributed by atoms with E-state index in [-0.39, 0.29) is 23.5 Å². The first-order valence-corrected chi connectivity index (χ1v) is 3.77. The van der Waals surface area contributed by atoms with Crippen LogP contribution in [0.25, 0.3) is 0 Å². The molecule has 1 aromatic heterocycles. The number of pyridine rings is 1. The summed E-state index contributed by atoms with van der Waals surface area (Å²) >= 11 is 0. The highest BCUT2D eigenvalue weighted by Crippen LogP contribution is 2.24. The maximum Gasteiger partial charge on any atom is 0.282 e. The number of hydrogen-bond donors (Lipinski definition) is 2. The van der Waals surface area contributed by atoms with E-state index in [2.05, 4.69) is 4.98 Å². The van der Waals surface area contributed by atoms with Gasteiger partial charge in [-0.05, 0) is 6.07 Å². The van der Waals surface area contributed by atoms with Gasteiger partial charge in [0.25, 0.3) is 6.43 Å². The summed E-state index contributed by atoms with van der Waals surface area (Å²) in [7, 11) is 0. The Kier molecular flexibility index (Phi) is 2.94. The molecule has 0 aromatic carbocycles. The van der Waals surface area contributed by atoms with Crippen molar-refractivity contribution >= 4 is 5.69 Å². The van der Waals surface area contributed by atoms with Gasteiger partial charge in [-0.15, -0.1) is 0 Å². The molecule has 74 valence electrons. The van der Waals surface area contributed by atoms with Crippen molar-refractivity contribution in [2.24, 2.45) is 5.73 Å². The lowest BCUT2D eigenvalue weighted by molar-refractivity contribution is 0.146. The lowest BCUT2D eigenvalue weighted by Crippen LogP contribution is -2.08. The fourth-order valence-corrected chi connectivity index (χ4v) is 1.01. The standard InChI is InChI=1S/C8H8F2N4/c9-8(10)7-5(13)1-4(2-11)6(3-12)14-7/h1,8H,3,12-13H2. The number of nitrogen functional groups attached to an aromatic ring is 1. The summed E-state index contributed by atoms with van der Waals surface area (Å²) in [4.78, 5) is 3.54. The van der Waals surface area contributed by atoms with E-state index in [1.807, 2.05) is 0 Å². The molecule has 0 bridgehead atoms. The molecule has 0 unspecified atom stereocenters. The van der Waals surface area contributed by atoms with Crippen LogP contribution in [0.15, 0.2) is 6.07 Å². The number of alkyl halides is 2. The van der Waals surface area contributed by atoms with Gasteiger partial charge in [0.2, 0.25) is 0 Å². The lowest BCUT2D eigenvalue weighted by Gasteiger charge is -2.07. The molecule has 1 heterocycles. The van der Waals surface area contributed by atoms with Gasteiger partial charge in [0, 0.05) is 6.54 Å². The summed E-state index contributed by atoms with van der Waals surface area (Å²) in [5, 5.41) is 8.61. The predicted octanol–water partition coefficient (Wildman–Crippen LogP) is 0.932. The molecule has 0 aliphatic rings. The summed E-state index contributed by atoms with van der Waals surface area (Å²) in [6.07, 6.45) is -2.76. The Bertz CT molecular complexity index is 383. The van der Waals surface area contributed by atoms with E-state index in [9.17, 15) is 8.78 Å². The van der Waals surface area contributed by atoms with Gasteiger partial charge >= 0.3 is 0 Å². The van der Waals surface area contributed by atoms with Gasteiger partial charge in [-0.3, -0.25) is 0 Å². The molecule has 0 radical (unpaired) electrons. The lowest BCUT2D eigenvalue weighted by atomic mass is 10.1. The Morgan fingerprint density at radius 2 is 2.21 bits per heavy atom. The number of aromatic nitrogens is 1. The van der Waals surface area contributed by atoms with Gasteiger partial charge in [-0.25, -0.2) is 13.8 Å². The van der Waals surface area contributed by atoms with Crippen molar-refractivity contribution in [2.45, 2.75) is 13.0 Å². The largest absolute Gasteiger partial charge is 0.397 e. The van der Waals surface area contributed by atoms with Crippen LogP contribution in [-0.4, -0.2) is 4.98 Å². The fraction of sp³-hybridized carbons (Fsp3) is 0.250. The van der Waals surface area contributed by atoms with Crippen LogP contribution in [0.4, 0.5) is 14.5 Å². The predicted molar refractivity (Wildman–Crippen MR) is 46.2 cm³/mol. The van der Waals surface area contributed by atoms with Gasteiger partial charge in [0.05, 0.1) is 16.9 Å². The third-order valence-electron chi connectivity index (χ3n) is 1.68. The normalized spacial score (nSPS) is 10.2. The maximum absolute atomic E-state index is 12.3. The van der Waals surface area contributed by atoms with Crippen molar-refractivity contribution in [2.75, 3.05) is 5.73 Å². The van der Waals surface area contributed by atoms with Crippen LogP contribution in [0.2, 0.25) is 0 Å². The zero-order valence-electron chi connectivity index (χ0n) is 7.17. The molecule has 0 saturated heterocycles. The average molecular weight is 198 g/mol. The maximum atomic E-state index is 12.3. The summed E-state index contributed by atoms with van der Waals surface area (Å²) in [5.41, 5.74) is 10.1. The first-order chi connectivity index (χ1) is 6.60. The van der Waals surface area contributed by atoms with Crippen LogP contribution >= 0.6 is 0 Å². The smallest absolute Gasteiger partial charge is 0.282 e. The Labute approximate surface area is 79.1 Å². The third kappa shape index (κ3) is 1.78. The van der Waals surface area contributed by atoms with Gasteiger partial charge in [0.15, 0.2) is 0 Å². The molecule has 0 aliphatic carbocycles. The van der Waals surface area contributed by atoms with Crippen LogP contribution in [0.5, 0.6) is 0 Å². The van der Waals surface area contributed by atoms with Gasteiger partial charge in [-0.2, -0.15) is 5.26 Å². The quantitative estimate of drug-likeness (QED) is 0.739. The minimum atomic E-state index is -2.76. The summed E-state index contributed by atoms with van der Waals surface area (Å²) in [6.45, 7) is -0.0666. The molecule has 0 fully saturated rings. The van der Waals surface area contributed by atoms with E-state index in [0.29, 0.717) is 0 Å². The molecule has 1 rings (SSSR count). The zero-order valence-corrected chi connectivity index (χ0v) is 7.17. The molecule has 1 aromatic rings. The molecular formula is C8H8F2N4. The van der Waals surface area contributed by atoms with Crippen molar-refractivity contribution in [1.29, 1.82) is 5.26 Å². The number of nitrogens with two attached hydrogens (primary N) is 2. The van der Waals surface area contributed by atoms with E-state index in [0.717, 1.165) is 6.07 Å². The van der Waals surface area contributed by atoms with Gasteiger partial charge in [0.1, 0.15) is 11.8 Å². The zero-order chi connectivity index (χ0) is 10.7. The molecule has 14 heavy (non-hydrogen) atoms. The van der Waals surface area contributed by atoms with Gasteiger partial charge < -0.3 is 11.5 Å². The highest BCUT2D eigenvalue weighted by Gasteiger charge is 2.16. The summed E-state index contributed by atoms with van der Waals surface area (Å²) in [6, 6.07) is 2.95. The minimum absolute atomic E-state index is 0.0666. The van der Waals surface area contributed by atoms with Crippen LogP contribution in [0.1, 0.15) is 23.4 Å². The van der Waals surface area contributed by atoms with Crippen molar-refractivity contribution in [3.05, 3.63) is 23.0 Å². The Balaban J connectivity index is 3.32. The minimum Gasteiger partial charge on any atom is -0.397 e.